The van der Waals surface area contributed by atoms with Crippen LogP contribution in [0.1, 0.15) is 39.7 Å². The molecule has 0 amide bonds. The maximum absolute atomic E-state index is 4.30. The molecule has 1 aliphatic heterocycles. The number of hydrogen-bond donors (Lipinski definition) is 1. The monoisotopic (exact) mass is 259 g/mol. The van der Waals surface area contributed by atoms with Crippen LogP contribution >= 0.6 is 0 Å². The molecule has 2 heterocycles. The maximum atomic E-state index is 4.30. The zero-order valence-corrected chi connectivity index (χ0v) is 12.5. The Morgan fingerprint density at radius 3 is 2.84 bits per heavy atom. The number of nitrogens with zero attached hydrogens (tertiary/aromatic N) is 2. The van der Waals surface area contributed by atoms with Crippen LogP contribution in [0.25, 0.3) is 0 Å². The molecule has 3 heteroatoms. The SMILES string of the molecule is CC1=CCCN(c2cnccc2CNC(C)(C)C)C1. The van der Waals surface area contributed by atoms with E-state index in [1.807, 2.05) is 12.4 Å². The quantitative estimate of drug-likeness (QED) is 0.845. The number of rotatable bonds is 3. The molecule has 0 bridgehead atoms. The summed E-state index contributed by atoms with van der Waals surface area (Å²) in [6.45, 7) is 11.8. The Kier molecular flexibility index (Phi) is 4.25. The molecule has 1 N–H and O–H groups in total. The lowest BCUT2D eigenvalue weighted by molar-refractivity contribution is 0.424. The van der Waals surface area contributed by atoms with E-state index >= 15 is 0 Å². The zero-order valence-electron chi connectivity index (χ0n) is 12.5. The molecular weight excluding hydrogens is 234 g/mol. The van der Waals surface area contributed by atoms with Crippen LogP contribution < -0.4 is 10.2 Å². The van der Waals surface area contributed by atoms with Crippen LogP contribution in [0.4, 0.5) is 5.69 Å². The van der Waals surface area contributed by atoms with Gasteiger partial charge in [-0.1, -0.05) is 11.6 Å². The highest BCUT2D eigenvalue weighted by molar-refractivity contribution is 5.53. The lowest BCUT2D eigenvalue weighted by Gasteiger charge is -2.30. The van der Waals surface area contributed by atoms with Gasteiger partial charge >= 0.3 is 0 Å². The second-order valence-corrected chi connectivity index (χ2v) is 6.37. The minimum absolute atomic E-state index is 0.137. The first-order chi connectivity index (χ1) is 8.96. The van der Waals surface area contributed by atoms with Gasteiger partial charge in [-0.15, -0.1) is 0 Å². The predicted octanol–water partition coefficient (Wildman–Crippen LogP) is 3.13. The van der Waals surface area contributed by atoms with E-state index in [2.05, 4.69) is 55.0 Å². The molecule has 1 aromatic rings. The van der Waals surface area contributed by atoms with Gasteiger partial charge in [0, 0.05) is 31.4 Å². The molecule has 0 saturated carbocycles. The van der Waals surface area contributed by atoms with E-state index in [1.54, 1.807) is 0 Å². The number of aromatic nitrogens is 1. The molecule has 0 aromatic carbocycles. The van der Waals surface area contributed by atoms with Crippen LogP contribution in [-0.2, 0) is 6.54 Å². The molecule has 0 saturated heterocycles. The highest BCUT2D eigenvalue weighted by atomic mass is 15.1. The van der Waals surface area contributed by atoms with Gasteiger partial charge in [-0.3, -0.25) is 4.98 Å². The Labute approximate surface area is 116 Å². The second kappa shape index (κ2) is 5.74. The molecule has 0 spiro atoms. The van der Waals surface area contributed by atoms with Crippen LogP contribution in [0, 0.1) is 0 Å². The smallest absolute Gasteiger partial charge is 0.0601 e. The fourth-order valence-electron chi connectivity index (χ4n) is 2.33. The van der Waals surface area contributed by atoms with Crippen LogP contribution in [0.15, 0.2) is 30.1 Å². The fourth-order valence-corrected chi connectivity index (χ4v) is 2.33. The first-order valence-electron chi connectivity index (χ1n) is 7.04. The summed E-state index contributed by atoms with van der Waals surface area (Å²) in [6, 6.07) is 2.13. The molecule has 0 radical (unpaired) electrons. The van der Waals surface area contributed by atoms with Gasteiger partial charge in [0.1, 0.15) is 0 Å². The summed E-state index contributed by atoms with van der Waals surface area (Å²) in [6.07, 6.45) is 7.35. The van der Waals surface area contributed by atoms with E-state index in [0.29, 0.717) is 0 Å². The van der Waals surface area contributed by atoms with Gasteiger partial charge in [-0.2, -0.15) is 0 Å². The summed E-state index contributed by atoms with van der Waals surface area (Å²) in [4.78, 5) is 6.73. The summed E-state index contributed by atoms with van der Waals surface area (Å²) in [5.41, 5.74) is 4.19. The van der Waals surface area contributed by atoms with Crippen molar-refractivity contribution < 1.29 is 0 Å². The van der Waals surface area contributed by atoms with Crippen molar-refractivity contribution in [3.8, 4) is 0 Å². The van der Waals surface area contributed by atoms with Crippen molar-refractivity contribution in [3.63, 3.8) is 0 Å². The Balaban J connectivity index is 2.14. The normalized spacial score (nSPS) is 16.4. The van der Waals surface area contributed by atoms with Gasteiger partial charge in [-0.25, -0.2) is 0 Å². The van der Waals surface area contributed by atoms with Gasteiger partial charge in [0.2, 0.25) is 0 Å². The van der Waals surface area contributed by atoms with E-state index in [1.165, 1.54) is 16.8 Å². The van der Waals surface area contributed by atoms with Gasteiger partial charge in [0.05, 0.1) is 11.9 Å². The van der Waals surface area contributed by atoms with Crippen molar-refractivity contribution in [3.05, 3.63) is 35.7 Å². The van der Waals surface area contributed by atoms with Crippen molar-refractivity contribution in [2.24, 2.45) is 0 Å². The molecule has 19 heavy (non-hydrogen) atoms. The van der Waals surface area contributed by atoms with Crippen molar-refractivity contribution >= 4 is 5.69 Å². The Morgan fingerprint density at radius 2 is 2.16 bits per heavy atom. The zero-order chi connectivity index (χ0) is 13.9. The van der Waals surface area contributed by atoms with Crippen LogP contribution in [-0.4, -0.2) is 23.6 Å². The Hall–Kier alpha value is -1.35. The standard InChI is InChI=1S/C16H25N3/c1-13-6-5-9-19(12-13)15-11-17-8-7-14(15)10-18-16(2,3)4/h6-8,11,18H,5,9-10,12H2,1-4H3. The molecule has 104 valence electrons. The first kappa shape index (κ1) is 14.1. The van der Waals surface area contributed by atoms with E-state index < -0.39 is 0 Å². The summed E-state index contributed by atoms with van der Waals surface area (Å²) in [5, 5.41) is 3.56. The lowest BCUT2D eigenvalue weighted by Crippen LogP contribution is -2.36. The van der Waals surface area contributed by atoms with Gasteiger partial charge in [0.25, 0.3) is 0 Å². The third-order valence-corrected chi connectivity index (χ3v) is 3.37. The molecule has 0 atom stereocenters. The second-order valence-electron chi connectivity index (χ2n) is 6.37. The van der Waals surface area contributed by atoms with Crippen LogP contribution in [0.5, 0.6) is 0 Å². The van der Waals surface area contributed by atoms with Crippen molar-refractivity contribution in [2.45, 2.75) is 46.2 Å². The van der Waals surface area contributed by atoms with Crippen molar-refractivity contribution in [1.29, 1.82) is 0 Å². The summed E-state index contributed by atoms with van der Waals surface area (Å²) in [5.74, 6) is 0. The van der Waals surface area contributed by atoms with Crippen molar-refractivity contribution in [2.75, 3.05) is 18.0 Å². The van der Waals surface area contributed by atoms with Gasteiger partial charge in [-0.05, 0) is 45.7 Å². The fraction of sp³-hybridized carbons (Fsp3) is 0.562. The molecule has 1 aliphatic rings. The Morgan fingerprint density at radius 1 is 1.37 bits per heavy atom. The van der Waals surface area contributed by atoms with E-state index in [4.69, 9.17) is 0 Å². The predicted molar refractivity (Wildman–Crippen MR) is 81.4 cm³/mol. The highest BCUT2D eigenvalue weighted by Crippen LogP contribution is 2.23. The summed E-state index contributed by atoms with van der Waals surface area (Å²) < 4.78 is 0. The van der Waals surface area contributed by atoms with Gasteiger partial charge in [0.15, 0.2) is 0 Å². The number of anilines is 1. The molecule has 3 nitrogen and oxygen atoms in total. The molecule has 0 aliphatic carbocycles. The topological polar surface area (TPSA) is 28.2 Å². The minimum atomic E-state index is 0.137. The first-order valence-corrected chi connectivity index (χ1v) is 7.04. The number of pyridine rings is 1. The van der Waals surface area contributed by atoms with Gasteiger partial charge < -0.3 is 10.2 Å². The van der Waals surface area contributed by atoms with Crippen LogP contribution in [0.2, 0.25) is 0 Å². The lowest BCUT2D eigenvalue weighted by atomic mass is 10.1. The van der Waals surface area contributed by atoms with Crippen LogP contribution in [0.3, 0.4) is 0 Å². The van der Waals surface area contributed by atoms with E-state index in [0.717, 1.165) is 26.1 Å². The van der Waals surface area contributed by atoms with E-state index in [9.17, 15) is 0 Å². The molecule has 0 fully saturated rings. The maximum Gasteiger partial charge on any atom is 0.0601 e. The Bertz CT molecular complexity index is 457. The summed E-state index contributed by atoms with van der Waals surface area (Å²) in [7, 11) is 0. The molecular formula is C16H25N3. The average molecular weight is 259 g/mol. The largest absolute Gasteiger partial charge is 0.366 e. The highest BCUT2D eigenvalue weighted by Gasteiger charge is 2.16. The van der Waals surface area contributed by atoms with E-state index in [-0.39, 0.29) is 5.54 Å². The third kappa shape index (κ3) is 4.06. The molecule has 0 unspecified atom stereocenters. The number of hydrogen-bond acceptors (Lipinski definition) is 3. The minimum Gasteiger partial charge on any atom is -0.366 e. The molecule has 1 aromatic heterocycles. The molecule has 2 rings (SSSR count). The average Bonchev–Trinajstić information content (AvgIpc) is 2.36. The third-order valence-electron chi connectivity index (χ3n) is 3.37. The van der Waals surface area contributed by atoms with Crippen molar-refractivity contribution in [1.82, 2.24) is 10.3 Å². The number of nitrogens with one attached hydrogen (secondary N) is 1. The summed E-state index contributed by atoms with van der Waals surface area (Å²) >= 11 is 0.